The lowest BCUT2D eigenvalue weighted by Gasteiger charge is -2.22. The predicted octanol–water partition coefficient (Wildman–Crippen LogP) is 0.519. The molecule has 0 fully saturated rings. The molecule has 0 bridgehead atoms. The number of hydrogen-bond acceptors (Lipinski definition) is 8. The third kappa shape index (κ3) is 4.81. The van der Waals surface area contributed by atoms with Crippen LogP contribution >= 0.6 is 0 Å². The van der Waals surface area contributed by atoms with Gasteiger partial charge < -0.3 is 33.4 Å². The number of hydrogen-bond donors (Lipinski definition) is 2. The van der Waals surface area contributed by atoms with E-state index in [0.29, 0.717) is 37.8 Å². The molecule has 2 N–H and O–H groups in total. The molecule has 0 saturated heterocycles. The van der Waals surface area contributed by atoms with E-state index in [1.165, 1.54) is 12.3 Å². The van der Waals surface area contributed by atoms with Crippen LogP contribution in [-0.4, -0.2) is 62.9 Å². The Balaban J connectivity index is 2.14. The number of fused-ring (bicyclic) bond motifs is 1. The summed E-state index contributed by atoms with van der Waals surface area (Å²) >= 11 is 0. The van der Waals surface area contributed by atoms with Crippen LogP contribution in [0.1, 0.15) is 5.56 Å². The van der Waals surface area contributed by atoms with Crippen molar-refractivity contribution in [3.05, 3.63) is 28.1 Å². The Kier molecular flexibility index (Phi) is 7.26. The number of aryl methyl sites for hydroxylation is 1. The zero-order valence-corrected chi connectivity index (χ0v) is 13.7. The Bertz CT molecular complexity index is 667. The fourth-order valence-electron chi connectivity index (χ4n) is 2.21. The molecule has 0 spiro atoms. The molecule has 8 heteroatoms. The van der Waals surface area contributed by atoms with Gasteiger partial charge in [-0.2, -0.15) is 0 Å². The van der Waals surface area contributed by atoms with Crippen LogP contribution in [0.2, 0.25) is 0 Å². The maximum Gasteiger partial charge on any atom is 0.230 e. The Morgan fingerprint density at radius 1 is 1.04 bits per heavy atom. The van der Waals surface area contributed by atoms with E-state index in [-0.39, 0.29) is 37.4 Å². The number of nitrogens with zero attached hydrogens (tertiary/aromatic N) is 1. The van der Waals surface area contributed by atoms with Crippen molar-refractivity contribution in [3.8, 4) is 0 Å². The molecule has 0 radical (unpaired) electrons. The van der Waals surface area contributed by atoms with Crippen molar-refractivity contribution in [1.29, 1.82) is 0 Å². The number of ether oxygens (including phenoxy) is 2. The van der Waals surface area contributed by atoms with Crippen LogP contribution in [0.5, 0.6) is 0 Å². The maximum absolute atomic E-state index is 12.2. The lowest BCUT2D eigenvalue weighted by molar-refractivity contribution is 0.0878. The Hall–Kier alpha value is -1.87. The lowest BCUT2D eigenvalue weighted by Crippen LogP contribution is -2.32. The molecule has 0 unspecified atom stereocenters. The van der Waals surface area contributed by atoms with Gasteiger partial charge in [-0.15, -0.1) is 0 Å². The summed E-state index contributed by atoms with van der Waals surface area (Å²) in [4.78, 5) is 14.0. The Morgan fingerprint density at radius 2 is 1.67 bits per heavy atom. The van der Waals surface area contributed by atoms with E-state index in [0.717, 1.165) is 5.56 Å². The van der Waals surface area contributed by atoms with Gasteiger partial charge in [0.1, 0.15) is 0 Å². The van der Waals surface area contributed by atoms with Crippen molar-refractivity contribution in [3.63, 3.8) is 0 Å². The Labute approximate surface area is 139 Å². The summed E-state index contributed by atoms with van der Waals surface area (Å²) in [5, 5.41) is 17.5. The summed E-state index contributed by atoms with van der Waals surface area (Å²) < 4.78 is 21.6. The highest BCUT2D eigenvalue weighted by Crippen LogP contribution is 2.23. The molecule has 2 aromatic heterocycles. The zero-order valence-electron chi connectivity index (χ0n) is 13.7. The highest BCUT2D eigenvalue weighted by Gasteiger charge is 2.15. The minimum absolute atomic E-state index is 0.0468. The molecule has 2 aromatic rings. The average Bonchev–Trinajstić information content (AvgIpc) is 2.95. The summed E-state index contributed by atoms with van der Waals surface area (Å²) in [6.07, 6.45) is 1.48. The molecule has 2 rings (SSSR count). The van der Waals surface area contributed by atoms with Gasteiger partial charge in [0, 0.05) is 18.7 Å². The molecule has 0 aliphatic carbocycles. The molecule has 8 nitrogen and oxygen atoms in total. The van der Waals surface area contributed by atoms with Crippen LogP contribution in [-0.2, 0) is 9.47 Å². The first-order valence-electron chi connectivity index (χ1n) is 7.81. The largest absolute Gasteiger partial charge is 0.456 e. The van der Waals surface area contributed by atoms with E-state index >= 15 is 0 Å². The van der Waals surface area contributed by atoms with Gasteiger partial charge in [-0.3, -0.25) is 4.79 Å². The predicted molar refractivity (Wildman–Crippen MR) is 87.5 cm³/mol. The number of rotatable bonds is 11. The van der Waals surface area contributed by atoms with Gasteiger partial charge >= 0.3 is 0 Å². The first kappa shape index (κ1) is 18.5. The normalized spacial score (nSPS) is 11.3. The molecule has 0 aliphatic heterocycles. The second-order valence-electron chi connectivity index (χ2n) is 5.18. The van der Waals surface area contributed by atoms with Crippen LogP contribution < -0.4 is 10.3 Å². The molecule has 2 heterocycles. The van der Waals surface area contributed by atoms with Crippen molar-refractivity contribution in [2.45, 2.75) is 6.92 Å². The third-order valence-electron chi connectivity index (χ3n) is 3.40. The number of furan rings is 1. The molecular formula is C16H23NO7. The summed E-state index contributed by atoms with van der Waals surface area (Å²) in [5.74, 6) is 0.400. The smallest absolute Gasteiger partial charge is 0.230 e. The Morgan fingerprint density at radius 3 is 2.25 bits per heavy atom. The van der Waals surface area contributed by atoms with Crippen molar-refractivity contribution in [2.75, 3.05) is 57.6 Å². The third-order valence-corrected chi connectivity index (χ3v) is 3.40. The highest BCUT2D eigenvalue weighted by molar-refractivity contribution is 5.75. The van der Waals surface area contributed by atoms with Crippen LogP contribution in [0.3, 0.4) is 0 Å². The summed E-state index contributed by atoms with van der Waals surface area (Å²) in [6, 6.07) is 1.38. The molecule has 0 amide bonds. The fraction of sp³-hybridized carbons (Fsp3) is 0.562. The van der Waals surface area contributed by atoms with E-state index in [1.807, 2.05) is 4.90 Å². The van der Waals surface area contributed by atoms with E-state index < -0.39 is 0 Å². The summed E-state index contributed by atoms with van der Waals surface area (Å²) in [6.45, 7) is 3.87. The van der Waals surface area contributed by atoms with E-state index in [2.05, 4.69) is 0 Å². The topological polar surface area (TPSA) is 106 Å². The second-order valence-corrected chi connectivity index (χ2v) is 5.18. The standard InChI is InChI=1S/C16H23NO7/c1-12-11-23-16-13(20)10-14(24-15(12)16)17(2-6-21-8-4-18)3-7-22-9-5-19/h10-11,18-19H,2-9H2,1H3. The zero-order chi connectivity index (χ0) is 17.4. The monoisotopic (exact) mass is 341 g/mol. The molecule has 134 valence electrons. The number of aliphatic hydroxyl groups is 2. The summed E-state index contributed by atoms with van der Waals surface area (Å²) in [5.41, 5.74) is 1.12. The van der Waals surface area contributed by atoms with E-state index in [9.17, 15) is 4.79 Å². The number of anilines is 1. The average molecular weight is 341 g/mol. The van der Waals surface area contributed by atoms with Gasteiger partial charge in [0.25, 0.3) is 0 Å². The molecule has 0 aliphatic rings. The molecule has 24 heavy (non-hydrogen) atoms. The molecular weight excluding hydrogens is 318 g/mol. The van der Waals surface area contributed by atoms with Crippen LogP contribution in [0, 0.1) is 6.92 Å². The van der Waals surface area contributed by atoms with Gasteiger partial charge in [-0.05, 0) is 6.92 Å². The van der Waals surface area contributed by atoms with Crippen molar-refractivity contribution >= 4 is 17.1 Å². The molecule has 0 atom stereocenters. The minimum Gasteiger partial charge on any atom is -0.456 e. The fourth-order valence-corrected chi connectivity index (χ4v) is 2.21. The van der Waals surface area contributed by atoms with Gasteiger partial charge in [0.15, 0.2) is 11.5 Å². The quantitative estimate of drug-likeness (QED) is 0.570. The van der Waals surface area contributed by atoms with Crippen molar-refractivity contribution < 1.29 is 28.5 Å². The summed E-state index contributed by atoms with van der Waals surface area (Å²) in [7, 11) is 0. The first-order chi connectivity index (χ1) is 11.7. The minimum atomic E-state index is -0.253. The van der Waals surface area contributed by atoms with Gasteiger partial charge in [-0.25, -0.2) is 0 Å². The van der Waals surface area contributed by atoms with Gasteiger partial charge in [0.05, 0.1) is 52.0 Å². The second kappa shape index (κ2) is 9.43. The first-order valence-corrected chi connectivity index (χ1v) is 7.81. The van der Waals surface area contributed by atoms with Gasteiger partial charge in [0.2, 0.25) is 11.0 Å². The van der Waals surface area contributed by atoms with Crippen LogP contribution in [0.4, 0.5) is 5.88 Å². The van der Waals surface area contributed by atoms with Crippen molar-refractivity contribution in [2.24, 2.45) is 0 Å². The number of aliphatic hydroxyl groups excluding tert-OH is 2. The highest BCUT2D eigenvalue weighted by atomic mass is 16.5. The van der Waals surface area contributed by atoms with E-state index in [4.69, 9.17) is 28.5 Å². The molecule has 0 aromatic carbocycles. The van der Waals surface area contributed by atoms with E-state index in [1.54, 1.807) is 6.92 Å². The SMILES string of the molecule is Cc1coc2c(=O)cc(N(CCOCCO)CCOCCO)oc12. The van der Waals surface area contributed by atoms with Crippen molar-refractivity contribution in [1.82, 2.24) is 0 Å². The van der Waals surface area contributed by atoms with Crippen LogP contribution in [0.15, 0.2) is 26.0 Å². The van der Waals surface area contributed by atoms with Crippen LogP contribution in [0.25, 0.3) is 11.2 Å². The molecule has 0 saturated carbocycles. The van der Waals surface area contributed by atoms with Gasteiger partial charge in [-0.1, -0.05) is 0 Å². The lowest BCUT2D eigenvalue weighted by atomic mass is 10.3. The maximum atomic E-state index is 12.2.